The van der Waals surface area contributed by atoms with Crippen LogP contribution in [-0.2, 0) is 10.0 Å². The molecule has 9 heteroatoms. The van der Waals surface area contributed by atoms with Gasteiger partial charge in [0.15, 0.2) is 5.15 Å². The summed E-state index contributed by atoms with van der Waals surface area (Å²) in [7, 11) is -4.03. The van der Waals surface area contributed by atoms with Gasteiger partial charge in [-0.3, -0.25) is 4.72 Å². The normalized spacial score (nSPS) is 11.4. The second kappa shape index (κ2) is 5.38. The molecule has 0 unspecified atom stereocenters. The van der Waals surface area contributed by atoms with Gasteiger partial charge in [-0.2, -0.15) is 0 Å². The van der Waals surface area contributed by atoms with Crippen molar-refractivity contribution in [2.45, 2.75) is 18.7 Å². The Hall–Kier alpha value is -2.06. The van der Waals surface area contributed by atoms with Gasteiger partial charge in [0.05, 0.1) is 5.69 Å². The van der Waals surface area contributed by atoms with Crippen molar-refractivity contribution in [3.8, 4) is 0 Å². The van der Waals surface area contributed by atoms with E-state index in [4.69, 9.17) is 21.1 Å². The number of carboxylic acids is 1. The van der Waals surface area contributed by atoms with Crippen LogP contribution in [0, 0.1) is 13.8 Å². The molecule has 2 aromatic heterocycles. The van der Waals surface area contributed by atoms with Gasteiger partial charge in [0.25, 0.3) is 10.0 Å². The van der Waals surface area contributed by atoms with E-state index in [0.717, 1.165) is 6.07 Å². The smallest absolute Gasteiger partial charge is 0.371 e. The van der Waals surface area contributed by atoms with E-state index >= 15 is 0 Å². The minimum atomic E-state index is -4.03. The van der Waals surface area contributed by atoms with Gasteiger partial charge in [-0.15, -0.1) is 0 Å². The summed E-state index contributed by atoms with van der Waals surface area (Å²) in [6.45, 7) is 3.09. The highest BCUT2D eigenvalue weighted by Crippen LogP contribution is 2.26. The lowest BCUT2D eigenvalue weighted by atomic mass is 10.3. The van der Waals surface area contributed by atoms with Crippen LogP contribution in [-0.4, -0.2) is 24.5 Å². The molecule has 0 aliphatic heterocycles. The van der Waals surface area contributed by atoms with Crippen LogP contribution in [0.1, 0.15) is 21.9 Å². The van der Waals surface area contributed by atoms with Gasteiger partial charge in [-0.1, -0.05) is 11.6 Å². The molecule has 0 saturated heterocycles. The third kappa shape index (κ3) is 3.17. The van der Waals surface area contributed by atoms with E-state index in [0.29, 0.717) is 5.56 Å². The Kier molecular flexibility index (Phi) is 3.93. The maximum absolute atomic E-state index is 12.3. The van der Waals surface area contributed by atoms with E-state index < -0.39 is 21.8 Å². The van der Waals surface area contributed by atoms with Crippen LogP contribution in [0.4, 0.5) is 5.69 Å². The number of carbonyl (C=O) groups is 1. The van der Waals surface area contributed by atoms with Gasteiger partial charge in [0, 0.05) is 12.3 Å². The number of hydrogen-bond donors (Lipinski definition) is 2. The van der Waals surface area contributed by atoms with Crippen molar-refractivity contribution in [1.29, 1.82) is 0 Å². The number of rotatable bonds is 4. The molecule has 0 fully saturated rings. The highest BCUT2D eigenvalue weighted by Gasteiger charge is 2.24. The van der Waals surface area contributed by atoms with Crippen molar-refractivity contribution in [2.24, 2.45) is 0 Å². The summed E-state index contributed by atoms with van der Waals surface area (Å²) in [4.78, 5) is 14.4. The molecule has 0 spiro atoms. The Balaban J connectivity index is 2.43. The van der Waals surface area contributed by atoms with E-state index in [2.05, 4.69) is 9.71 Å². The van der Waals surface area contributed by atoms with Gasteiger partial charge < -0.3 is 9.52 Å². The fourth-order valence-electron chi connectivity index (χ4n) is 1.66. The molecule has 21 heavy (non-hydrogen) atoms. The third-order valence-electron chi connectivity index (χ3n) is 2.59. The van der Waals surface area contributed by atoms with Gasteiger partial charge in [-0.25, -0.2) is 18.2 Å². The van der Waals surface area contributed by atoms with Crippen molar-refractivity contribution in [1.82, 2.24) is 4.98 Å². The molecule has 0 aromatic carbocycles. The van der Waals surface area contributed by atoms with Gasteiger partial charge in [-0.05, 0) is 25.5 Å². The lowest BCUT2D eigenvalue weighted by molar-refractivity contribution is 0.0661. The Labute approximate surface area is 125 Å². The van der Waals surface area contributed by atoms with Crippen LogP contribution in [0.25, 0.3) is 0 Å². The number of sulfonamides is 1. The predicted molar refractivity (Wildman–Crippen MR) is 75.2 cm³/mol. The third-order valence-corrected chi connectivity index (χ3v) is 4.37. The fraction of sp³-hybridized carbons (Fsp3) is 0.167. The Morgan fingerprint density at radius 1 is 1.38 bits per heavy atom. The molecule has 0 amide bonds. The minimum absolute atomic E-state index is 0.0104. The van der Waals surface area contributed by atoms with E-state index in [9.17, 15) is 13.2 Å². The SMILES string of the molecule is Cc1cnc(Cl)c(NS(=O)(=O)c2cc(C(=O)O)oc2C)c1. The van der Waals surface area contributed by atoms with Crippen molar-refractivity contribution in [3.05, 3.63) is 40.6 Å². The lowest BCUT2D eigenvalue weighted by Crippen LogP contribution is -2.14. The zero-order valence-corrected chi connectivity index (χ0v) is 12.6. The summed E-state index contributed by atoms with van der Waals surface area (Å²) < 4.78 is 31.7. The number of nitrogens with zero attached hydrogens (tertiary/aromatic N) is 1. The number of anilines is 1. The van der Waals surface area contributed by atoms with Crippen molar-refractivity contribution in [2.75, 3.05) is 4.72 Å². The molecular weight excluding hydrogens is 320 g/mol. The molecule has 2 heterocycles. The van der Waals surface area contributed by atoms with Crippen LogP contribution < -0.4 is 4.72 Å². The molecule has 0 saturated carbocycles. The van der Waals surface area contributed by atoms with E-state index in [-0.39, 0.29) is 21.5 Å². The van der Waals surface area contributed by atoms with Crippen LogP contribution in [0.3, 0.4) is 0 Å². The first kappa shape index (κ1) is 15.3. The summed E-state index contributed by atoms with van der Waals surface area (Å²) in [5.41, 5.74) is 0.821. The summed E-state index contributed by atoms with van der Waals surface area (Å²) in [6.07, 6.45) is 1.49. The average molecular weight is 331 g/mol. The molecular formula is C12H11ClN2O5S. The summed E-state index contributed by atoms with van der Waals surface area (Å²) in [6, 6.07) is 2.46. The fourth-order valence-corrected chi connectivity index (χ4v) is 3.11. The van der Waals surface area contributed by atoms with Crippen LogP contribution >= 0.6 is 11.6 Å². The van der Waals surface area contributed by atoms with Crippen LogP contribution in [0.5, 0.6) is 0 Å². The van der Waals surface area contributed by atoms with Crippen molar-refractivity contribution >= 4 is 33.3 Å². The molecule has 2 rings (SSSR count). The standard InChI is InChI=1S/C12H11ClN2O5S/c1-6-3-8(11(13)14-5-6)15-21(18,19)10-4-9(12(16)17)20-7(10)2/h3-5,15H,1-2H3,(H,16,17). The Morgan fingerprint density at radius 2 is 2.05 bits per heavy atom. The number of aryl methyl sites for hydroxylation is 2. The highest BCUT2D eigenvalue weighted by atomic mass is 35.5. The average Bonchev–Trinajstić information content (AvgIpc) is 2.77. The molecule has 2 aromatic rings. The first-order valence-corrected chi connectivity index (χ1v) is 7.55. The molecule has 0 atom stereocenters. The quantitative estimate of drug-likeness (QED) is 0.833. The van der Waals surface area contributed by atoms with E-state index in [1.807, 2.05) is 0 Å². The second-order valence-electron chi connectivity index (χ2n) is 4.29. The number of nitrogens with one attached hydrogen (secondary N) is 1. The molecule has 7 nitrogen and oxygen atoms in total. The largest absolute Gasteiger partial charge is 0.475 e. The van der Waals surface area contributed by atoms with Gasteiger partial charge in [0.1, 0.15) is 10.7 Å². The number of furan rings is 1. The van der Waals surface area contributed by atoms with Crippen molar-refractivity contribution < 1.29 is 22.7 Å². The van der Waals surface area contributed by atoms with Gasteiger partial charge >= 0.3 is 5.97 Å². The summed E-state index contributed by atoms with van der Waals surface area (Å²) >= 11 is 5.83. The summed E-state index contributed by atoms with van der Waals surface area (Å²) in [5, 5.41) is 8.81. The Morgan fingerprint density at radius 3 is 2.62 bits per heavy atom. The van der Waals surface area contributed by atoms with E-state index in [1.165, 1.54) is 19.2 Å². The molecule has 112 valence electrons. The highest BCUT2D eigenvalue weighted by molar-refractivity contribution is 7.92. The molecule has 0 aliphatic carbocycles. The molecule has 0 aliphatic rings. The first-order chi connectivity index (χ1) is 9.70. The number of hydrogen-bond acceptors (Lipinski definition) is 5. The maximum Gasteiger partial charge on any atom is 0.371 e. The Bertz CT molecular complexity index is 813. The van der Waals surface area contributed by atoms with Gasteiger partial charge in [0.2, 0.25) is 5.76 Å². The lowest BCUT2D eigenvalue weighted by Gasteiger charge is -2.08. The maximum atomic E-state index is 12.3. The first-order valence-electron chi connectivity index (χ1n) is 5.69. The minimum Gasteiger partial charge on any atom is -0.475 e. The zero-order chi connectivity index (χ0) is 15.8. The number of pyridine rings is 1. The monoisotopic (exact) mass is 330 g/mol. The second-order valence-corrected chi connectivity index (χ2v) is 6.30. The molecule has 0 radical (unpaired) electrons. The number of aromatic carboxylic acids is 1. The van der Waals surface area contributed by atoms with Crippen LogP contribution in [0.2, 0.25) is 5.15 Å². The van der Waals surface area contributed by atoms with Crippen LogP contribution in [0.15, 0.2) is 27.6 Å². The molecule has 0 bridgehead atoms. The van der Waals surface area contributed by atoms with Crippen molar-refractivity contribution in [3.63, 3.8) is 0 Å². The van der Waals surface area contributed by atoms with E-state index in [1.54, 1.807) is 6.92 Å². The topological polar surface area (TPSA) is 110 Å². The number of carboxylic acid groups (broad SMARTS) is 1. The predicted octanol–water partition coefficient (Wildman–Crippen LogP) is 2.44. The summed E-state index contributed by atoms with van der Waals surface area (Å²) in [5.74, 6) is -1.84. The number of halogens is 1. The zero-order valence-electron chi connectivity index (χ0n) is 11.0. The molecule has 2 N–H and O–H groups in total. The number of aromatic nitrogens is 1.